The first kappa shape index (κ1) is 12.0. The Labute approximate surface area is 104 Å². The molecule has 0 bridgehead atoms. The maximum absolute atomic E-state index is 10.8. The number of hydrogen-bond acceptors (Lipinski definition) is 5. The molecule has 0 N–H and O–H groups in total. The van der Waals surface area contributed by atoms with Crippen LogP contribution in [0.4, 0.5) is 11.5 Å². The van der Waals surface area contributed by atoms with Crippen LogP contribution in [0.3, 0.4) is 0 Å². The van der Waals surface area contributed by atoms with E-state index in [-0.39, 0.29) is 17.5 Å². The van der Waals surface area contributed by atoms with Gasteiger partial charge in [0, 0.05) is 17.8 Å². The summed E-state index contributed by atoms with van der Waals surface area (Å²) in [5.74, 6) is 0.193. The predicted octanol–water partition coefficient (Wildman–Crippen LogP) is 2.68. The number of rotatable bonds is 3. The van der Waals surface area contributed by atoms with Gasteiger partial charge in [-0.3, -0.25) is 14.5 Å². The minimum Gasteiger partial charge on any atom is -0.260 e. The van der Waals surface area contributed by atoms with Crippen molar-refractivity contribution >= 4 is 23.3 Å². The van der Waals surface area contributed by atoms with E-state index in [9.17, 15) is 10.1 Å². The zero-order chi connectivity index (χ0) is 12.3. The van der Waals surface area contributed by atoms with Gasteiger partial charge in [-0.15, -0.1) is 0 Å². The Hall–Kier alpha value is -1.43. The summed E-state index contributed by atoms with van der Waals surface area (Å²) in [6, 6.07) is 0.124. The largest absolute Gasteiger partial charge is 0.330 e. The van der Waals surface area contributed by atoms with E-state index in [4.69, 9.17) is 11.8 Å². The van der Waals surface area contributed by atoms with Crippen molar-refractivity contribution in [3.05, 3.63) is 22.6 Å². The van der Waals surface area contributed by atoms with Crippen molar-refractivity contribution in [2.24, 2.45) is 0 Å². The molecule has 1 aromatic rings. The molecule has 0 atom stereocenters. The van der Waals surface area contributed by atoms with Crippen LogP contribution in [-0.4, -0.2) is 20.9 Å². The summed E-state index contributed by atoms with van der Waals surface area (Å²) in [6.07, 6.45) is 7.77. The van der Waals surface area contributed by atoms with Crippen molar-refractivity contribution in [2.75, 3.05) is 4.42 Å². The average Bonchev–Trinajstić information content (AvgIpc) is 2.39. The zero-order valence-electron chi connectivity index (χ0n) is 9.25. The minimum atomic E-state index is -0.506. The molecule has 1 fully saturated rings. The maximum atomic E-state index is 10.8. The molecule has 1 aliphatic carbocycles. The van der Waals surface area contributed by atoms with Gasteiger partial charge in [0.1, 0.15) is 12.5 Å². The number of nitrogens with zero attached hydrogens (tertiary/aromatic N) is 4. The lowest BCUT2D eigenvalue weighted by atomic mass is 9.95. The van der Waals surface area contributed by atoms with Crippen LogP contribution in [-0.2, 0) is 0 Å². The van der Waals surface area contributed by atoms with Crippen LogP contribution in [0.2, 0.25) is 0 Å². The molecule has 0 aliphatic heterocycles. The first-order chi connectivity index (χ1) is 8.20. The molecule has 0 unspecified atom stereocenters. The molecule has 7 heteroatoms. The highest BCUT2D eigenvalue weighted by molar-refractivity contribution is 6.26. The standard InChI is InChI=1S/C10H13ClN4O2/c11-14(8-4-2-1-3-5-8)10-9(15(16)17)6-12-7-13-10/h6-8H,1-5H2. The second kappa shape index (κ2) is 5.27. The summed E-state index contributed by atoms with van der Waals surface area (Å²) in [6.45, 7) is 0. The van der Waals surface area contributed by atoms with E-state index in [1.54, 1.807) is 0 Å². The van der Waals surface area contributed by atoms with E-state index in [1.807, 2.05) is 0 Å². The van der Waals surface area contributed by atoms with E-state index in [0.717, 1.165) is 25.7 Å². The fourth-order valence-electron chi connectivity index (χ4n) is 2.09. The Morgan fingerprint density at radius 1 is 1.41 bits per heavy atom. The van der Waals surface area contributed by atoms with Crippen LogP contribution in [0.1, 0.15) is 32.1 Å². The first-order valence-corrected chi connectivity index (χ1v) is 5.93. The molecule has 2 rings (SSSR count). The van der Waals surface area contributed by atoms with Crippen molar-refractivity contribution in [2.45, 2.75) is 38.1 Å². The third kappa shape index (κ3) is 2.63. The molecule has 1 aliphatic rings. The highest BCUT2D eigenvalue weighted by Gasteiger charge is 2.27. The molecule has 1 heterocycles. The summed E-state index contributed by atoms with van der Waals surface area (Å²) >= 11 is 6.17. The van der Waals surface area contributed by atoms with Crippen LogP contribution >= 0.6 is 11.8 Å². The monoisotopic (exact) mass is 256 g/mol. The van der Waals surface area contributed by atoms with Crippen LogP contribution in [0.15, 0.2) is 12.5 Å². The third-order valence-corrected chi connectivity index (χ3v) is 3.40. The van der Waals surface area contributed by atoms with Gasteiger partial charge in [0.25, 0.3) is 0 Å². The number of nitro groups is 1. The lowest BCUT2D eigenvalue weighted by molar-refractivity contribution is -0.384. The number of anilines is 1. The first-order valence-electron chi connectivity index (χ1n) is 5.59. The molecule has 0 amide bonds. The van der Waals surface area contributed by atoms with Crippen LogP contribution in [0.25, 0.3) is 0 Å². The SMILES string of the molecule is O=[N+]([O-])c1cncnc1N(Cl)C1CCCCC1. The molecule has 0 spiro atoms. The summed E-state index contributed by atoms with van der Waals surface area (Å²) < 4.78 is 1.40. The summed E-state index contributed by atoms with van der Waals surface area (Å²) in [5, 5.41) is 10.8. The van der Waals surface area contributed by atoms with Crippen molar-refractivity contribution in [3.8, 4) is 0 Å². The molecule has 6 nitrogen and oxygen atoms in total. The van der Waals surface area contributed by atoms with Crippen molar-refractivity contribution in [1.82, 2.24) is 9.97 Å². The molecule has 0 aromatic carbocycles. The fraction of sp³-hybridized carbons (Fsp3) is 0.600. The number of hydrogen-bond donors (Lipinski definition) is 0. The van der Waals surface area contributed by atoms with E-state index in [1.165, 1.54) is 23.4 Å². The third-order valence-electron chi connectivity index (χ3n) is 2.97. The second-order valence-electron chi connectivity index (χ2n) is 4.09. The Morgan fingerprint density at radius 2 is 2.12 bits per heavy atom. The topological polar surface area (TPSA) is 72.2 Å². The van der Waals surface area contributed by atoms with Gasteiger partial charge in [-0.05, 0) is 12.8 Å². The molecular formula is C10H13ClN4O2. The molecule has 1 saturated carbocycles. The molecule has 1 aromatic heterocycles. The predicted molar refractivity (Wildman–Crippen MR) is 63.9 cm³/mol. The van der Waals surface area contributed by atoms with Gasteiger partial charge in [0.15, 0.2) is 0 Å². The Morgan fingerprint density at radius 3 is 2.76 bits per heavy atom. The number of halogens is 1. The van der Waals surface area contributed by atoms with E-state index in [0.29, 0.717) is 0 Å². The summed E-state index contributed by atoms with van der Waals surface area (Å²) in [5.41, 5.74) is -0.145. The van der Waals surface area contributed by atoms with Gasteiger partial charge < -0.3 is 0 Å². The molecule has 0 radical (unpaired) electrons. The molecular weight excluding hydrogens is 244 g/mol. The fourth-order valence-corrected chi connectivity index (χ4v) is 2.42. The minimum absolute atomic E-state index is 0.124. The number of aromatic nitrogens is 2. The van der Waals surface area contributed by atoms with Gasteiger partial charge >= 0.3 is 5.69 Å². The maximum Gasteiger partial charge on any atom is 0.330 e. The highest BCUT2D eigenvalue weighted by Crippen LogP contribution is 2.32. The van der Waals surface area contributed by atoms with Crippen LogP contribution < -0.4 is 4.42 Å². The summed E-state index contributed by atoms with van der Waals surface area (Å²) in [4.78, 5) is 17.9. The van der Waals surface area contributed by atoms with E-state index < -0.39 is 4.92 Å². The Balaban J connectivity index is 2.23. The average molecular weight is 257 g/mol. The van der Waals surface area contributed by atoms with Gasteiger partial charge in [0.05, 0.1) is 4.92 Å². The van der Waals surface area contributed by atoms with Crippen LogP contribution in [0, 0.1) is 10.1 Å². The second-order valence-corrected chi connectivity index (χ2v) is 4.46. The highest BCUT2D eigenvalue weighted by atomic mass is 35.5. The van der Waals surface area contributed by atoms with Gasteiger partial charge in [-0.25, -0.2) is 9.97 Å². The normalized spacial score (nSPS) is 16.8. The van der Waals surface area contributed by atoms with Crippen molar-refractivity contribution < 1.29 is 4.92 Å². The quantitative estimate of drug-likeness (QED) is 0.472. The van der Waals surface area contributed by atoms with Gasteiger partial charge in [-0.2, -0.15) is 0 Å². The van der Waals surface area contributed by atoms with E-state index in [2.05, 4.69) is 9.97 Å². The van der Waals surface area contributed by atoms with Gasteiger partial charge in [0.2, 0.25) is 5.82 Å². The van der Waals surface area contributed by atoms with Crippen molar-refractivity contribution in [3.63, 3.8) is 0 Å². The smallest absolute Gasteiger partial charge is 0.260 e. The zero-order valence-corrected chi connectivity index (χ0v) is 10.0. The lowest BCUT2D eigenvalue weighted by Crippen LogP contribution is -2.30. The molecule has 0 saturated heterocycles. The van der Waals surface area contributed by atoms with Crippen molar-refractivity contribution in [1.29, 1.82) is 0 Å². The van der Waals surface area contributed by atoms with Crippen LogP contribution in [0.5, 0.6) is 0 Å². The molecule has 17 heavy (non-hydrogen) atoms. The summed E-state index contributed by atoms with van der Waals surface area (Å²) in [7, 11) is 0. The van der Waals surface area contributed by atoms with E-state index >= 15 is 0 Å². The lowest BCUT2D eigenvalue weighted by Gasteiger charge is -2.28. The Kier molecular flexibility index (Phi) is 3.73. The molecule has 92 valence electrons. The van der Waals surface area contributed by atoms with Gasteiger partial charge in [-0.1, -0.05) is 19.3 Å². The Bertz CT molecular complexity index is 409.